The number of aliphatic hydroxyl groups excluding tert-OH is 1. The molecule has 0 bridgehead atoms. The third-order valence-electron chi connectivity index (χ3n) is 6.54. The van der Waals surface area contributed by atoms with Gasteiger partial charge in [-0.1, -0.05) is 39.7 Å². The fraction of sp³-hybridized carbons (Fsp3) is 0.600. The molecule has 1 N–H and O–H groups in total. The summed E-state index contributed by atoms with van der Waals surface area (Å²) in [7, 11) is 2.22. The number of ether oxygens (including phenoxy) is 1. The van der Waals surface area contributed by atoms with Crippen LogP contribution in [0, 0.1) is 0 Å². The first-order chi connectivity index (χ1) is 15.2. The first kappa shape index (κ1) is 24.2. The quantitative estimate of drug-likeness (QED) is 0.462. The molecule has 2 heterocycles. The number of allylic oxidation sites excluding steroid dienone is 2. The number of benzene rings is 1. The van der Waals surface area contributed by atoms with Crippen LogP contribution in [0.4, 0.5) is 0 Å². The molecule has 32 heavy (non-hydrogen) atoms. The Morgan fingerprint density at radius 2 is 1.91 bits per heavy atom. The molecule has 5 nitrogen and oxygen atoms in total. The van der Waals surface area contributed by atoms with Crippen molar-refractivity contribution in [2.75, 3.05) is 45.1 Å². The number of halogens is 2. The van der Waals surface area contributed by atoms with E-state index in [1.165, 1.54) is 28.0 Å². The summed E-state index contributed by atoms with van der Waals surface area (Å²) in [5.41, 5.74) is 6.60. The van der Waals surface area contributed by atoms with Crippen LogP contribution in [0.3, 0.4) is 0 Å². The number of likely N-dealkylation sites (N-methyl/N-ethyl adjacent to an activating group) is 1. The van der Waals surface area contributed by atoms with Crippen LogP contribution in [0.1, 0.15) is 44.4 Å². The van der Waals surface area contributed by atoms with Gasteiger partial charge < -0.3 is 14.7 Å². The Morgan fingerprint density at radius 3 is 2.56 bits per heavy atom. The van der Waals surface area contributed by atoms with E-state index in [1.807, 2.05) is 31.7 Å². The number of rotatable bonds is 4. The minimum Gasteiger partial charge on any atom is -0.372 e. The molecule has 176 valence electrons. The maximum atomic E-state index is 10.6. The number of aryl methyl sites for hydroxylation is 1. The molecule has 1 fully saturated rings. The molecule has 1 aliphatic carbocycles. The van der Waals surface area contributed by atoms with Gasteiger partial charge in [-0.2, -0.15) is 0 Å². The Labute approximate surface area is 205 Å². The van der Waals surface area contributed by atoms with Crippen molar-refractivity contribution in [1.82, 2.24) is 14.7 Å². The van der Waals surface area contributed by atoms with Crippen LogP contribution < -0.4 is 0 Å². The fourth-order valence-electron chi connectivity index (χ4n) is 5.12. The van der Waals surface area contributed by atoms with E-state index < -0.39 is 6.41 Å². The van der Waals surface area contributed by atoms with E-state index in [9.17, 15) is 5.11 Å². The van der Waals surface area contributed by atoms with Gasteiger partial charge in [0, 0.05) is 55.8 Å². The highest BCUT2D eigenvalue weighted by atomic mass is 79.9. The molecule has 1 unspecified atom stereocenters. The first-order valence-electron chi connectivity index (χ1n) is 11.5. The standard InChI is InChI=1S/C25H35BrClN3O2/c1-25(2,3)32-24(31)30-11-9-29(10-12-30)23-21-8-7-20(27)14-18(21)5-6-19-13-17(15-26)16-28(4)22(19)23/h7-8,13-14,23-24,31H,5-6,9-12,15-16H2,1-4H3/t23-,24?/m1/s1. The number of nitrogens with zero attached hydrogens (tertiary/aromatic N) is 3. The van der Waals surface area contributed by atoms with Gasteiger partial charge in [0.25, 0.3) is 0 Å². The summed E-state index contributed by atoms with van der Waals surface area (Å²) in [6, 6.07) is 6.59. The van der Waals surface area contributed by atoms with Crippen molar-refractivity contribution in [3.05, 3.63) is 57.3 Å². The average molecular weight is 525 g/mol. The van der Waals surface area contributed by atoms with Crippen molar-refractivity contribution < 1.29 is 9.84 Å². The van der Waals surface area contributed by atoms with Crippen LogP contribution in [0.2, 0.25) is 5.02 Å². The highest BCUT2D eigenvalue weighted by Crippen LogP contribution is 2.42. The normalized spacial score (nSPS) is 24.0. The fourth-order valence-corrected chi connectivity index (χ4v) is 5.65. The second kappa shape index (κ2) is 9.77. The van der Waals surface area contributed by atoms with E-state index in [0.717, 1.165) is 55.9 Å². The van der Waals surface area contributed by atoms with Gasteiger partial charge in [-0.15, -0.1) is 0 Å². The SMILES string of the molecule is CN1CC(CBr)=CC2=C1[C@H](N1CCN(C(O)OC(C)(C)C)CC1)c1ccc(Cl)cc1CC2. The third-order valence-corrected chi connectivity index (χ3v) is 7.49. The Kier molecular flexibility index (Phi) is 7.40. The van der Waals surface area contributed by atoms with E-state index in [-0.39, 0.29) is 11.6 Å². The van der Waals surface area contributed by atoms with Crippen molar-refractivity contribution in [2.24, 2.45) is 0 Å². The number of hydrogen-bond acceptors (Lipinski definition) is 5. The Hall–Kier alpha value is -0.890. The van der Waals surface area contributed by atoms with Gasteiger partial charge in [-0.25, -0.2) is 0 Å². The Bertz CT molecular complexity index is 903. The van der Waals surface area contributed by atoms with E-state index in [2.05, 4.69) is 51.0 Å². The van der Waals surface area contributed by atoms with Gasteiger partial charge in [-0.3, -0.25) is 9.80 Å². The molecule has 3 aliphatic rings. The summed E-state index contributed by atoms with van der Waals surface area (Å²) in [6.07, 6.45) is 3.57. The minimum atomic E-state index is -0.867. The summed E-state index contributed by atoms with van der Waals surface area (Å²) >= 11 is 10.1. The van der Waals surface area contributed by atoms with Gasteiger partial charge in [0.2, 0.25) is 6.41 Å². The number of alkyl halides is 1. The molecule has 0 saturated carbocycles. The lowest BCUT2D eigenvalue weighted by molar-refractivity contribution is -0.244. The molecule has 2 atom stereocenters. The largest absolute Gasteiger partial charge is 0.372 e. The molecule has 0 aromatic heterocycles. The van der Waals surface area contributed by atoms with Crippen molar-refractivity contribution >= 4 is 27.5 Å². The zero-order chi connectivity index (χ0) is 23.0. The monoisotopic (exact) mass is 523 g/mol. The lowest BCUT2D eigenvalue weighted by Crippen LogP contribution is -2.54. The number of fused-ring (bicyclic) bond motifs is 1. The highest BCUT2D eigenvalue weighted by Gasteiger charge is 2.36. The summed E-state index contributed by atoms with van der Waals surface area (Å²) in [6.45, 7) is 10.2. The zero-order valence-electron chi connectivity index (χ0n) is 19.6. The van der Waals surface area contributed by atoms with Crippen LogP contribution in [-0.4, -0.2) is 76.9 Å². The molecule has 1 saturated heterocycles. The van der Waals surface area contributed by atoms with Crippen molar-refractivity contribution in [3.8, 4) is 0 Å². The lowest BCUT2D eigenvalue weighted by atomic mass is 9.93. The van der Waals surface area contributed by atoms with Crippen LogP contribution in [0.15, 0.2) is 41.1 Å². The highest BCUT2D eigenvalue weighted by molar-refractivity contribution is 9.09. The van der Waals surface area contributed by atoms with Gasteiger partial charge in [0.1, 0.15) is 0 Å². The summed E-state index contributed by atoms with van der Waals surface area (Å²) in [5.74, 6) is 0. The third kappa shape index (κ3) is 5.26. The van der Waals surface area contributed by atoms with Crippen molar-refractivity contribution in [1.29, 1.82) is 0 Å². The first-order valence-corrected chi connectivity index (χ1v) is 13.0. The van der Waals surface area contributed by atoms with Crippen molar-refractivity contribution in [3.63, 3.8) is 0 Å². The smallest absolute Gasteiger partial charge is 0.216 e. The molecular formula is C25H35BrClN3O2. The van der Waals surface area contributed by atoms with Crippen LogP contribution in [0.5, 0.6) is 0 Å². The molecule has 0 amide bonds. The van der Waals surface area contributed by atoms with Gasteiger partial charge in [-0.05, 0) is 68.0 Å². The Morgan fingerprint density at radius 1 is 1.19 bits per heavy atom. The van der Waals surface area contributed by atoms with E-state index in [4.69, 9.17) is 16.3 Å². The van der Waals surface area contributed by atoms with Gasteiger partial charge in [0.05, 0.1) is 11.6 Å². The molecule has 4 rings (SSSR count). The number of aliphatic hydroxyl groups is 1. The second-order valence-corrected chi connectivity index (χ2v) is 11.1. The van der Waals surface area contributed by atoms with Crippen LogP contribution >= 0.6 is 27.5 Å². The van der Waals surface area contributed by atoms with E-state index in [1.54, 1.807) is 0 Å². The molecule has 1 aromatic carbocycles. The second-order valence-electron chi connectivity index (χ2n) is 10.1. The predicted molar refractivity (Wildman–Crippen MR) is 134 cm³/mol. The van der Waals surface area contributed by atoms with Gasteiger partial charge >= 0.3 is 0 Å². The minimum absolute atomic E-state index is 0.195. The van der Waals surface area contributed by atoms with E-state index in [0.29, 0.717) is 0 Å². The summed E-state index contributed by atoms with van der Waals surface area (Å²) in [5, 5.41) is 12.3. The summed E-state index contributed by atoms with van der Waals surface area (Å²) in [4.78, 5) is 7.03. The van der Waals surface area contributed by atoms with Crippen LogP contribution in [0.25, 0.3) is 0 Å². The molecular weight excluding hydrogens is 490 g/mol. The molecule has 7 heteroatoms. The maximum Gasteiger partial charge on any atom is 0.216 e. The molecule has 1 aromatic rings. The number of hydrogen-bond donors (Lipinski definition) is 1. The van der Waals surface area contributed by atoms with Crippen LogP contribution in [-0.2, 0) is 11.2 Å². The predicted octanol–water partition coefficient (Wildman–Crippen LogP) is 4.56. The average Bonchev–Trinajstić information content (AvgIpc) is 2.89. The zero-order valence-corrected chi connectivity index (χ0v) is 21.9. The summed E-state index contributed by atoms with van der Waals surface area (Å²) < 4.78 is 5.79. The van der Waals surface area contributed by atoms with Gasteiger partial charge in [0.15, 0.2) is 0 Å². The Balaban J connectivity index is 1.64. The molecule has 2 aliphatic heterocycles. The van der Waals surface area contributed by atoms with E-state index >= 15 is 0 Å². The molecule has 0 radical (unpaired) electrons. The maximum absolute atomic E-state index is 10.6. The van der Waals surface area contributed by atoms with Crippen molar-refractivity contribution in [2.45, 2.75) is 51.7 Å². The lowest BCUT2D eigenvalue weighted by Gasteiger charge is -2.45. The number of piperazine rings is 1. The topological polar surface area (TPSA) is 39.2 Å². The molecule has 0 spiro atoms.